The smallest absolute Gasteiger partial charge is 0.322 e. The Hall–Kier alpha value is -1.33. The average Bonchev–Trinajstić information content (AvgIpc) is 2.24. The van der Waals surface area contributed by atoms with Gasteiger partial charge >= 0.3 is 5.97 Å². The molecular formula is C10H11ClFNO3. The third-order valence-corrected chi connectivity index (χ3v) is 2.32. The fourth-order valence-electron chi connectivity index (χ4n) is 1.22. The van der Waals surface area contributed by atoms with E-state index in [1.165, 1.54) is 13.2 Å². The Labute approximate surface area is 96.8 Å². The summed E-state index contributed by atoms with van der Waals surface area (Å²) in [4.78, 5) is 11.0. The van der Waals surface area contributed by atoms with Crippen LogP contribution in [0.15, 0.2) is 12.1 Å². The van der Waals surface area contributed by atoms with Gasteiger partial charge in [-0.05, 0) is 24.1 Å². The van der Waals surface area contributed by atoms with E-state index in [0.717, 1.165) is 6.07 Å². The normalized spacial score (nSPS) is 12.2. The number of ether oxygens (including phenoxy) is 1. The van der Waals surface area contributed by atoms with Gasteiger partial charge in [0.1, 0.15) is 6.04 Å². The predicted octanol–water partition coefficient (Wildman–Crippen LogP) is 1.23. The second-order valence-electron chi connectivity index (χ2n) is 3.24. The Morgan fingerprint density at radius 1 is 1.69 bits per heavy atom. The molecule has 0 unspecified atom stereocenters. The van der Waals surface area contributed by atoms with Crippen molar-refractivity contribution in [2.45, 2.75) is 12.5 Å². The molecule has 0 amide bonds. The molecule has 16 heavy (non-hydrogen) atoms. The summed E-state index contributed by atoms with van der Waals surface area (Å²) in [6.45, 7) is 0. The number of benzene rings is 1. The fraction of sp³-hybridized carbons (Fsp3) is 0.300. The van der Waals surface area contributed by atoms with Crippen LogP contribution in [0.1, 0.15) is 5.56 Å². The van der Waals surface area contributed by atoms with E-state index in [1.54, 1.807) is 0 Å². The first-order valence-corrected chi connectivity index (χ1v) is 4.83. The number of aromatic hydroxyl groups is 1. The van der Waals surface area contributed by atoms with Crippen molar-refractivity contribution in [2.24, 2.45) is 5.73 Å². The van der Waals surface area contributed by atoms with Gasteiger partial charge < -0.3 is 15.6 Å². The Balaban J connectivity index is 2.86. The molecule has 0 bridgehead atoms. The van der Waals surface area contributed by atoms with E-state index in [4.69, 9.17) is 22.4 Å². The summed E-state index contributed by atoms with van der Waals surface area (Å²) in [5, 5.41) is 8.97. The lowest BCUT2D eigenvalue weighted by Crippen LogP contribution is -2.33. The molecule has 0 saturated heterocycles. The monoisotopic (exact) mass is 247 g/mol. The van der Waals surface area contributed by atoms with E-state index in [1.807, 2.05) is 0 Å². The molecule has 3 N–H and O–H groups in total. The van der Waals surface area contributed by atoms with Crippen LogP contribution < -0.4 is 5.73 Å². The van der Waals surface area contributed by atoms with Gasteiger partial charge in [0.25, 0.3) is 0 Å². The third kappa shape index (κ3) is 2.84. The van der Waals surface area contributed by atoms with Gasteiger partial charge in [0.2, 0.25) is 0 Å². The maximum absolute atomic E-state index is 13.1. The molecule has 0 aliphatic heterocycles. The van der Waals surface area contributed by atoms with E-state index in [2.05, 4.69) is 4.74 Å². The van der Waals surface area contributed by atoms with Gasteiger partial charge in [0.05, 0.1) is 12.1 Å². The highest BCUT2D eigenvalue weighted by molar-refractivity contribution is 6.32. The van der Waals surface area contributed by atoms with Crippen LogP contribution in [0.2, 0.25) is 5.02 Å². The van der Waals surface area contributed by atoms with Crippen molar-refractivity contribution in [1.29, 1.82) is 0 Å². The minimum Gasteiger partial charge on any atom is -0.504 e. The van der Waals surface area contributed by atoms with E-state index in [9.17, 15) is 9.18 Å². The molecule has 0 aromatic heterocycles. The lowest BCUT2D eigenvalue weighted by atomic mass is 10.1. The Morgan fingerprint density at radius 3 is 2.81 bits per heavy atom. The van der Waals surface area contributed by atoms with Crippen molar-refractivity contribution in [3.05, 3.63) is 28.5 Å². The number of carbonyl (C=O) groups excluding carboxylic acids is 1. The van der Waals surface area contributed by atoms with Crippen LogP contribution in [0, 0.1) is 5.82 Å². The molecular weight excluding hydrogens is 237 g/mol. The van der Waals surface area contributed by atoms with Gasteiger partial charge in [-0.3, -0.25) is 4.79 Å². The molecule has 6 heteroatoms. The molecule has 0 saturated carbocycles. The van der Waals surface area contributed by atoms with Crippen molar-refractivity contribution in [1.82, 2.24) is 0 Å². The van der Waals surface area contributed by atoms with E-state index >= 15 is 0 Å². The highest BCUT2D eigenvalue weighted by atomic mass is 35.5. The van der Waals surface area contributed by atoms with Crippen molar-refractivity contribution in [3.8, 4) is 5.75 Å². The number of hydrogen-bond acceptors (Lipinski definition) is 4. The number of hydrogen-bond donors (Lipinski definition) is 2. The number of rotatable bonds is 3. The van der Waals surface area contributed by atoms with E-state index in [0.29, 0.717) is 5.56 Å². The summed E-state index contributed by atoms with van der Waals surface area (Å²) < 4.78 is 17.5. The second kappa shape index (κ2) is 5.14. The van der Waals surface area contributed by atoms with Crippen LogP contribution in [0.3, 0.4) is 0 Å². The van der Waals surface area contributed by atoms with Crippen molar-refractivity contribution >= 4 is 17.6 Å². The average molecular weight is 248 g/mol. The minimum absolute atomic E-state index is 0.0869. The summed E-state index contributed by atoms with van der Waals surface area (Å²) in [5.74, 6) is -2.05. The Kier molecular flexibility index (Phi) is 4.09. The van der Waals surface area contributed by atoms with E-state index in [-0.39, 0.29) is 11.4 Å². The van der Waals surface area contributed by atoms with Crippen LogP contribution in [0.5, 0.6) is 5.75 Å². The first-order chi connectivity index (χ1) is 7.45. The molecule has 0 spiro atoms. The largest absolute Gasteiger partial charge is 0.504 e. The standard InChI is InChI=1S/C10H11ClFNO3/c1-16-10(15)8(13)4-5-2-6(11)9(14)7(12)3-5/h2-3,8,14H,4,13H2,1H3/t8-/m0/s1. The molecule has 0 heterocycles. The first kappa shape index (κ1) is 12.7. The number of carbonyl (C=O) groups is 1. The van der Waals surface area contributed by atoms with Crippen LogP contribution in [-0.4, -0.2) is 24.2 Å². The summed E-state index contributed by atoms with van der Waals surface area (Å²) in [7, 11) is 1.21. The summed E-state index contributed by atoms with van der Waals surface area (Å²) in [6.07, 6.45) is 0.0869. The van der Waals surface area contributed by atoms with Crippen LogP contribution in [0.4, 0.5) is 4.39 Å². The zero-order valence-corrected chi connectivity index (χ0v) is 9.29. The lowest BCUT2D eigenvalue weighted by molar-refractivity contribution is -0.142. The predicted molar refractivity (Wildman–Crippen MR) is 56.8 cm³/mol. The maximum atomic E-state index is 13.1. The van der Waals surface area contributed by atoms with Crippen LogP contribution in [0.25, 0.3) is 0 Å². The number of phenolic OH excluding ortho intramolecular Hbond substituents is 1. The van der Waals surface area contributed by atoms with Crippen molar-refractivity contribution < 1.29 is 19.0 Å². The number of esters is 1. The molecule has 0 radical (unpaired) electrons. The van der Waals surface area contributed by atoms with Gasteiger partial charge in [-0.2, -0.15) is 0 Å². The summed E-state index contributed by atoms with van der Waals surface area (Å²) in [5.41, 5.74) is 5.91. The zero-order chi connectivity index (χ0) is 12.3. The molecule has 0 aliphatic rings. The highest BCUT2D eigenvalue weighted by Gasteiger charge is 2.16. The number of halogens is 2. The first-order valence-electron chi connectivity index (χ1n) is 4.46. The number of phenols is 1. The molecule has 0 fully saturated rings. The van der Waals surface area contributed by atoms with Gasteiger partial charge in [0, 0.05) is 0 Å². The van der Waals surface area contributed by atoms with Crippen molar-refractivity contribution in [3.63, 3.8) is 0 Å². The molecule has 0 aliphatic carbocycles. The maximum Gasteiger partial charge on any atom is 0.322 e. The highest BCUT2D eigenvalue weighted by Crippen LogP contribution is 2.27. The SMILES string of the molecule is COC(=O)[C@@H](N)Cc1cc(F)c(O)c(Cl)c1. The summed E-state index contributed by atoms with van der Waals surface area (Å²) in [6, 6.07) is 1.54. The van der Waals surface area contributed by atoms with Gasteiger partial charge in [-0.1, -0.05) is 11.6 Å². The number of methoxy groups -OCH3 is 1. The lowest BCUT2D eigenvalue weighted by Gasteiger charge is -2.10. The van der Waals surface area contributed by atoms with Crippen molar-refractivity contribution in [2.75, 3.05) is 7.11 Å². The fourth-order valence-corrected chi connectivity index (χ4v) is 1.45. The van der Waals surface area contributed by atoms with Crippen LogP contribution >= 0.6 is 11.6 Å². The van der Waals surface area contributed by atoms with Gasteiger partial charge in [-0.15, -0.1) is 0 Å². The Morgan fingerprint density at radius 2 is 2.31 bits per heavy atom. The Bertz CT molecular complexity index is 388. The van der Waals surface area contributed by atoms with E-state index < -0.39 is 23.6 Å². The van der Waals surface area contributed by atoms with Gasteiger partial charge in [0.15, 0.2) is 11.6 Å². The second-order valence-corrected chi connectivity index (χ2v) is 3.65. The van der Waals surface area contributed by atoms with Gasteiger partial charge in [-0.25, -0.2) is 4.39 Å². The molecule has 88 valence electrons. The topological polar surface area (TPSA) is 72.5 Å². The molecule has 1 rings (SSSR count). The molecule has 1 atom stereocenters. The third-order valence-electron chi connectivity index (χ3n) is 2.04. The van der Waals surface area contributed by atoms with Crippen LogP contribution in [-0.2, 0) is 16.0 Å². The summed E-state index contributed by atoms with van der Waals surface area (Å²) >= 11 is 5.57. The minimum atomic E-state index is -0.884. The number of nitrogens with two attached hydrogens (primary N) is 1. The molecule has 4 nitrogen and oxygen atoms in total. The quantitative estimate of drug-likeness (QED) is 0.788. The molecule has 1 aromatic rings. The zero-order valence-electron chi connectivity index (χ0n) is 8.54. The molecule has 1 aromatic carbocycles.